The van der Waals surface area contributed by atoms with Crippen LogP contribution in [0.2, 0.25) is 0 Å². The van der Waals surface area contributed by atoms with Crippen LogP contribution in [-0.4, -0.2) is 59.7 Å². The van der Waals surface area contributed by atoms with Crippen molar-refractivity contribution in [2.24, 2.45) is 0 Å². The SMILES string of the molecule is CC(OCC1CCCCO1)C(=O)N1CCCC1C(=O)Nc1nccs1. The zero-order valence-corrected chi connectivity index (χ0v) is 15.3. The van der Waals surface area contributed by atoms with Gasteiger partial charge in [0.05, 0.1) is 12.7 Å². The van der Waals surface area contributed by atoms with Crippen molar-refractivity contribution in [3.05, 3.63) is 11.6 Å². The number of rotatable bonds is 6. The number of carbonyl (C=O) groups excluding carboxylic acids is 2. The summed E-state index contributed by atoms with van der Waals surface area (Å²) in [5.41, 5.74) is 0. The Morgan fingerprint density at radius 2 is 2.32 bits per heavy atom. The highest BCUT2D eigenvalue weighted by Crippen LogP contribution is 2.22. The summed E-state index contributed by atoms with van der Waals surface area (Å²) in [6, 6.07) is -0.451. The quantitative estimate of drug-likeness (QED) is 0.832. The van der Waals surface area contributed by atoms with Crippen molar-refractivity contribution in [1.82, 2.24) is 9.88 Å². The van der Waals surface area contributed by atoms with Gasteiger partial charge in [0.15, 0.2) is 5.13 Å². The lowest BCUT2D eigenvalue weighted by Crippen LogP contribution is -2.47. The molecule has 1 aromatic rings. The van der Waals surface area contributed by atoms with Gasteiger partial charge < -0.3 is 19.7 Å². The Hall–Kier alpha value is -1.51. The molecule has 2 amide bonds. The summed E-state index contributed by atoms with van der Waals surface area (Å²) in [5, 5.41) is 5.15. The lowest BCUT2D eigenvalue weighted by Gasteiger charge is -2.28. The molecule has 3 heterocycles. The molecule has 2 aliphatic rings. The molecule has 8 heteroatoms. The van der Waals surface area contributed by atoms with Crippen molar-refractivity contribution in [2.45, 2.75) is 57.3 Å². The van der Waals surface area contributed by atoms with E-state index in [1.54, 1.807) is 23.4 Å². The van der Waals surface area contributed by atoms with Crippen LogP contribution in [0.3, 0.4) is 0 Å². The fourth-order valence-corrected chi connectivity index (χ4v) is 3.80. The van der Waals surface area contributed by atoms with E-state index in [9.17, 15) is 9.59 Å². The Morgan fingerprint density at radius 1 is 1.44 bits per heavy atom. The predicted molar refractivity (Wildman–Crippen MR) is 94.5 cm³/mol. The van der Waals surface area contributed by atoms with Crippen LogP contribution in [-0.2, 0) is 19.1 Å². The van der Waals surface area contributed by atoms with Gasteiger partial charge in [-0.25, -0.2) is 4.98 Å². The number of anilines is 1. The van der Waals surface area contributed by atoms with E-state index in [0.29, 0.717) is 24.7 Å². The highest BCUT2D eigenvalue weighted by atomic mass is 32.1. The largest absolute Gasteiger partial charge is 0.376 e. The number of carbonyl (C=O) groups is 2. The molecule has 3 unspecified atom stereocenters. The summed E-state index contributed by atoms with van der Waals surface area (Å²) in [5.74, 6) is -0.309. The van der Waals surface area contributed by atoms with Gasteiger partial charge in [-0.15, -0.1) is 11.3 Å². The van der Waals surface area contributed by atoms with E-state index in [-0.39, 0.29) is 17.9 Å². The molecule has 0 spiro atoms. The highest BCUT2D eigenvalue weighted by molar-refractivity contribution is 7.13. The Bertz CT molecular complexity index is 574. The molecule has 0 aliphatic carbocycles. The first-order valence-electron chi connectivity index (χ1n) is 8.89. The number of hydrogen-bond acceptors (Lipinski definition) is 6. The number of nitrogens with one attached hydrogen (secondary N) is 1. The second-order valence-corrected chi connectivity index (χ2v) is 7.37. The second kappa shape index (κ2) is 8.73. The van der Waals surface area contributed by atoms with Crippen molar-refractivity contribution in [3.8, 4) is 0 Å². The van der Waals surface area contributed by atoms with Crippen molar-refractivity contribution in [3.63, 3.8) is 0 Å². The zero-order chi connectivity index (χ0) is 17.6. The average molecular weight is 367 g/mol. The summed E-state index contributed by atoms with van der Waals surface area (Å²) < 4.78 is 11.4. The third-order valence-corrected chi connectivity index (χ3v) is 5.34. The summed E-state index contributed by atoms with van der Waals surface area (Å²) >= 11 is 1.36. The van der Waals surface area contributed by atoms with Gasteiger partial charge in [0.1, 0.15) is 12.1 Å². The van der Waals surface area contributed by atoms with Crippen molar-refractivity contribution < 1.29 is 19.1 Å². The van der Waals surface area contributed by atoms with E-state index >= 15 is 0 Å². The van der Waals surface area contributed by atoms with Gasteiger partial charge in [0, 0.05) is 24.7 Å². The van der Waals surface area contributed by atoms with E-state index < -0.39 is 12.1 Å². The minimum absolute atomic E-state index is 0.0755. The molecule has 1 aromatic heterocycles. The Kier molecular flexibility index (Phi) is 6.39. The van der Waals surface area contributed by atoms with Crippen LogP contribution in [0.15, 0.2) is 11.6 Å². The number of thiazole rings is 1. The Balaban J connectivity index is 1.51. The molecule has 0 radical (unpaired) electrons. The third kappa shape index (κ3) is 4.77. The number of amides is 2. The number of hydrogen-bond donors (Lipinski definition) is 1. The maximum absolute atomic E-state index is 12.7. The molecule has 2 fully saturated rings. The van der Waals surface area contributed by atoms with E-state index in [1.807, 2.05) is 0 Å². The van der Waals surface area contributed by atoms with E-state index in [2.05, 4.69) is 10.3 Å². The number of nitrogens with zero attached hydrogens (tertiary/aromatic N) is 2. The normalized spacial score (nSPS) is 24.9. The molecule has 7 nitrogen and oxygen atoms in total. The summed E-state index contributed by atoms with van der Waals surface area (Å²) in [6.07, 6.45) is 5.84. The van der Waals surface area contributed by atoms with Crippen LogP contribution in [0.1, 0.15) is 39.0 Å². The van der Waals surface area contributed by atoms with Crippen LogP contribution in [0.5, 0.6) is 0 Å². The van der Waals surface area contributed by atoms with Crippen molar-refractivity contribution >= 4 is 28.3 Å². The highest BCUT2D eigenvalue weighted by Gasteiger charge is 2.36. The standard InChI is InChI=1S/C17H25N3O4S/c1-12(24-11-13-5-2-3-9-23-13)16(22)20-8-4-6-14(20)15(21)19-17-18-7-10-25-17/h7,10,12-14H,2-6,8-9,11H2,1H3,(H,18,19,21). The Labute approximate surface area is 151 Å². The zero-order valence-electron chi connectivity index (χ0n) is 14.5. The number of ether oxygens (including phenoxy) is 2. The first kappa shape index (κ1) is 18.3. The molecule has 2 saturated heterocycles. The minimum atomic E-state index is -0.571. The second-order valence-electron chi connectivity index (χ2n) is 6.48. The fourth-order valence-electron chi connectivity index (χ4n) is 3.27. The summed E-state index contributed by atoms with van der Waals surface area (Å²) in [6.45, 7) is 3.53. The van der Waals surface area contributed by atoms with Crippen molar-refractivity contribution in [1.29, 1.82) is 0 Å². The van der Waals surface area contributed by atoms with Crippen LogP contribution >= 0.6 is 11.3 Å². The van der Waals surface area contributed by atoms with Gasteiger partial charge in [-0.05, 0) is 39.0 Å². The first-order valence-corrected chi connectivity index (χ1v) is 9.77. The molecular weight excluding hydrogens is 342 g/mol. The number of likely N-dealkylation sites (tertiary alicyclic amines) is 1. The van der Waals surface area contributed by atoms with Gasteiger partial charge in [-0.3, -0.25) is 9.59 Å². The average Bonchev–Trinajstić information content (AvgIpc) is 3.31. The van der Waals surface area contributed by atoms with E-state index in [1.165, 1.54) is 11.3 Å². The molecule has 2 aliphatic heterocycles. The fraction of sp³-hybridized carbons (Fsp3) is 0.706. The van der Waals surface area contributed by atoms with E-state index in [4.69, 9.17) is 9.47 Å². The Morgan fingerprint density at radius 3 is 3.04 bits per heavy atom. The molecule has 138 valence electrons. The van der Waals surface area contributed by atoms with Crippen LogP contribution in [0, 0.1) is 0 Å². The summed E-state index contributed by atoms with van der Waals surface area (Å²) in [4.78, 5) is 30.9. The summed E-state index contributed by atoms with van der Waals surface area (Å²) in [7, 11) is 0. The first-order chi connectivity index (χ1) is 12.1. The maximum atomic E-state index is 12.7. The molecule has 3 atom stereocenters. The number of aromatic nitrogens is 1. The molecule has 25 heavy (non-hydrogen) atoms. The molecular formula is C17H25N3O4S. The molecule has 0 saturated carbocycles. The monoisotopic (exact) mass is 367 g/mol. The van der Waals surface area contributed by atoms with Gasteiger partial charge in [-0.1, -0.05) is 0 Å². The van der Waals surface area contributed by atoms with Gasteiger partial charge >= 0.3 is 0 Å². The minimum Gasteiger partial charge on any atom is -0.376 e. The molecule has 0 aromatic carbocycles. The molecule has 0 bridgehead atoms. The third-order valence-electron chi connectivity index (χ3n) is 4.65. The smallest absolute Gasteiger partial charge is 0.252 e. The predicted octanol–water partition coefficient (Wildman–Crippen LogP) is 2.05. The lowest BCUT2D eigenvalue weighted by molar-refractivity contribution is -0.149. The van der Waals surface area contributed by atoms with Crippen LogP contribution in [0.4, 0.5) is 5.13 Å². The molecule has 1 N–H and O–H groups in total. The molecule has 3 rings (SSSR count). The van der Waals surface area contributed by atoms with Gasteiger partial charge in [-0.2, -0.15) is 0 Å². The topological polar surface area (TPSA) is 80.8 Å². The van der Waals surface area contributed by atoms with Crippen molar-refractivity contribution in [2.75, 3.05) is 25.1 Å². The lowest BCUT2D eigenvalue weighted by atomic mass is 10.1. The van der Waals surface area contributed by atoms with E-state index in [0.717, 1.165) is 32.3 Å². The van der Waals surface area contributed by atoms with Crippen LogP contribution < -0.4 is 5.32 Å². The van der Waals surface area contributed by atoms with Crippen LogP contribution in [0.25, 0.3) is 0 Å². The van der Waals surface area contributed by atoms with Gasteiger partial charge in [0.2, 0.25) is 5.91 Å². The van der Waals surface area contributed by atoms with Gasteiger partial charge in [0.25, 0.3) is 5.91 Å². The maximum Gasteiger partial charge on any atom is 0.252 e.